The van der Waals surface area contributed by atoms with Gasteiger partial charge in [-0.25, -0.2) is 4.79 Å². The Hall–Kier alpha value is -1.85. The molecule has 110 valence electrons. The van der Waals surface area contributed by atoms with Crippen LogP contribution in [0.25, 0.3) is 11.0 Å². The second kappa shape index (κ2) is 5.50. The minimum absolute atomic E-state index is 0.160. The third kappa shape index (κ3) is 2.94. The van der Waals surface area contributed by atoms with Gasteiger partial charge >= 0.3 is 5.69 Å². The minimum atomic E-state index is -0.160. The lowest BCUT2D eigenvalue weighted by molar-refractivity contribution is 0.579. The summed E-state index contributed by atoms with van der Waals surface area (Å²) in [7, 11) is 0. The molecule has 0 aliphatic carbocycles. The van der Waals surface area contributed by atoms with Crippen molar-refractivity contribution >= 4 is 22.4 Å². The summed E-state index contributed by atoms with van der Waals surface area (Å²) in [5.74, 6) is 0. The topological polar surface area (TPSA) is 60.7 Å². The van der Waals surface area contributed by atoms with E-state index in [9.17, 15) is 4.79 Å². The summed E-state index contributed by atoms with van der Waals surface area (Å²) in [6, 6.07) is 8.49. The highest BCUT2D eigenvalue weighted by atomic mass is 32.1. The molecule has 1 atom stereocenters. The molecule has 0 amide bonds. The summed E-state index contributed by atoms with van der Waals surface area (Å²) in [5, 5.41) is 3.54. The van der Waals surface area contributed by atoms with Crippen LogP contribution in [0.1, 0.15) is 33.8 Å². The van der Waals surface area contributed by atoms with Crippen LogP contribution < -0.4 is 11.0 Å². The van der Waals surface area contributed by atoms with Crippen LogP contribution in [0, 0.1) is 13.8 Å². The number of hydrogen-bond acceptors (Lipinski definition) is 3. The number of aryl methyl sites for hydroxylation is 2. The minimum Gasteiger partial charge on any atom is -0.306 e. The highest BCUT2D eigenvalue weighted by molar-refractivity contribution is 7.12. The van der Waals surface area contributed by atoms with Crippen molar-refractivity contribution < 1.29 is 0 Å². The third-order valence-electron chi connectivity index (χ3n) is 3.84. The van der Waals surface area contributed by atoms with Crippen molar-refractivity contribution in [1.82, 2.24) is 15.3 Å². The molecule has 0 saturated carbocycles. The Morgan fingerprint density at radius 2 is 1.95 bits per heavy atom. The first-order valence-corrected chi connectivity index (χ1v) is 7.86. The van der Waals surface area contributed by atoms with Crippen LogP contribution in [-0.4, -0.2) is 9.97 Å². The fourth-order valence-electron chi connectivity index (χ4n) is 2.43. The normalized spacial score (nSPS) is 12.9. The third-order valence-corrected chi connectivity index (χ3v) is 4.99. The van der Waals surface area contributed by atoms with Crippen molar-refractivity contribution in [2.45, 2.75) is 33.4 Å². The van der Waals surface area contributed by atoms with Crippen molar-refractivity contribution in [3.8, 4) is 0 Å². The molecule has 1 aromatic carbocycles. The van der Waals surface area contributed by atoms with E-state index in [1.807, 2.05) is 23.5 Å². The van der Waals surface area contributed by atoms with Crippen molar-refractivity contribution in [2.75, 3.05) is 0 Å². The standard InChI is InChI=1S/C16H19N3OS/c1-9-6-13(21-11(9)3)8-17-10(2)12-4-5-14-15(7-12)19-16(20)18-14/h4-7,10,17H,8H2,1-3H3,(H2,18,19,20). The fraction of sp³-hybridized carbons (Fsp3) is 0.312. The predicted molar refractivity (Wildman–Crippen MR) is 88.0 cm³/mol. The van der Waals surface area contributed by atoms with Crippen LogP contribution in [-0.2, 0) is 6.54 Å². The molecule has 2 heterocycles. The van der Waals surface area contributed by atoms with Gasteiger partial charge in [-0.1, -0.05) is 6.07 Å². The molecule has 0 aliphatic rings. The van der Waals surface area contributed by atoms with Crippen molar-refractivity contribution in [2.24, 2.45) is 0 Å². The highest BCUT2D eigenvalue weighted by Crippen LogP contribution is 2.22. The SMILES string of the molecule is Cc1cc(CNC(C)c2ccc3[nH]c(=O)[nH]c3c2)sc1C. The van der Waals surface area contributed by atoms with Gasteiger partial charge in [0.1, 0.15) is 0 Å². The molecule has 5 heteroatoms. The zero-order valence-electron chi connectivity index (χ0n) is 12.4. The fourth-order valence-corrected chi connectivity index (χ4v) is 3.43. The quantitative estimate of drug-likeness (QED) is 0.692. The number of fused-ring (bicyclic) bond motifs is 1. The summed E-state index contributed by atoms with van der Waals surface area (Å²) in [5.41, 5.74) is 4.07. The molecule has 0 saturated heterocycles. The molecule has 0 bridgehead atoms. The zero-order chi connectivity index (χ0) is 15.0. The summed E-state index contributed by atoms with van der Waals surface area (Å²) in [6.45, 7) is 7.31. The van der Waals surface area contributed by atoms with Crippen LogP contribution in [0.15, 0.2) is 29.1 Å². The van der Waals surface area contributed by atoms with Gasteiger partial charge < -0.3 is 15.3 Å². The van der Waals surface area contributed by atoms with Crippen molar-refractivity contribution in [3.05, 3.63) is 55.6 Å². The predicted octanol–water partition coefficient (Wildman–Crippen LogP) is 3.39. The number of rotatable bonds is 4. The van der Waals surface area contributed by atoms with Gasteiger partial charge in [-0.3, -0.25) is 0 Å². The number of H-pyrrole nitrogens is 2. The van der Waals surface area contributed by atoms with Crippen LogP contribution in [0.5, 0.6) is 0 Å². The van der Waals surface area contributed by atoms with E-state index in [0.29, 0.717) is 0 Å². The maximum absolute atomic E-state index is 11.3. The summed E-state index contributed by atoms with van der Waals surface area (Å²) in [4.78, 5) is 19.6. The van der Waals surface area contributed by atoms with Gasteiger partial charge in [0.05, 0.1) is 11.0 Å². The molecule has 0 aliphatic heterocycles. The summed E-state index contributed by atoms with van der Waals surface area (Å²) < 4.78 is 0. The second-order valence-electron chi connectivity index (χ2n) is 5.44. The van der Waals surface area contributed by atoms with E-state index < -0.39 is 0 Å². The van der Waals surface area contributed by atoms with Gasteiger partial charge in [0, 0.05) is 22.3 Å². The maximum atomic E-state index is 11.3. The molecule has 0 radical (unpaired) electrons. The Bertz CT molecular complexity index is 808. The van der Waals surface area contributed by atoms with Gasteiger partial charge in [0.25, 0.3) is 0 Å². The van der Waals surface area contributed by atoms with Gasteiger partial charge in [-0.05, 0) is 50.1 Å². The number of thiophene rings is 1. The monoisotopic (exact) mass is 301 g/mol. The van der Waals surface area contributed by atoms with Gasteiger partial charge in [0.2, 0.25) is 0 Å². The molecular weight excluding hydrogens is 282 g/mol. The maximum Gasteiger partial charge on any atom is 0.323 e. The molecule has 3 N–H and O–H groups in total. The number of aromatic nitrogens is 2. The first-order valence-electron chi connectivity index (χ1n) is 7.04. The molecule has 1 unspecified atom stereocenters. The van der Waals surface area contributed by atoms with Gasteiger partial charge in [0.15, 0.2) is 0 Å². The lowest BCUT2D eigenvalue weighted by atomic mass is 10.1. The van der Waals surface area contributed by atoms with Crippen LogP contribution in [0.4, 0.5) is 0 Å². The van der Waals surface area contributed by atoms with E-state index in [1.165, 1.54) is 20.9 Å². The average Bonchev–Trinajstić information content (AvgIpc) is 2.97. The van der Waals surface area contributed by atoms with E-state index in [2.05, 4.69) is 48.2 Å². The van der Waals surface area contributed by atoms with E-state index >= 15 is 0 Å². The Balaban J connectivity index is 1.73. The Labute approximate surface area is 127 Å². The number of hydrogen-bond donors (Lipinski definition) is 3. The van der Waals surface area contributed by atoms with E-state index in [1.54, 1.807) is 0 Å². The number of imidazole rings is 1. The smallest absolute Gasteiger partial charge is 0.306 e. The van der Waals surface area contributed by atoms with E-state index in [4.69, 9.17) is 0 Å². The van der Waals surface area contributed by atoms with E-state index in [-0.39, 0.29) is 11.7 Å². The summed E-state index contributed by atoms with van der Waals surface area (Å²) in [6.07, 6.45) is 0. The molecule has 0 spiro atoms. The van der Waals surface area contributed by atoms with Crippen LogP contribution in [0.2, 0.25) is 0 Å². The molecule has 21 heavy (non-hydrogen) atoms. The van der Waals surface area contributed by atoms with Gasteiger partial charge in [-0.2, -0.15) is 0 Å². The Morgan fingerprint density at radius 1 is 1.19 bits per heavy atom. The first kappa shape index (κ1) is 14.1. The molecular formula is C16H19N3OS. The van der Waals surface area contributed by atoms with E-state index in [0.717, 1.165) is 17.6 Å². The van der Waals surface area contributed by atoms with Crippen molar-refractivity contribution in [1.29, 1.82) is 0 Å². The van der Waals surface area contributed by atoms with Gasteiger partial charge in [-0.15, -0.1) is 11.3 Å². The zero-order valence-corrected chi connectivity index (χ0v) is 13.2. The molecule has 4 nitrogen and oxygen atoms in total. The molecule has 3 rings (SSSR count). The number of aromatic amines is 2. The highest BCUT2D eigenvalue weighted by Gasteiger charge is 2.08. The molecule has 2 aromatic heterocycles. The largest absolute Gasteiger partial charge is 0.323 e. The van der Waals surface area contributed by atoms with Crippen LogP contribution in [0.3, 0.4) is 0 Å². The number of benzene rings is 1. The second-order valence-corrected chi connectivity index (χ2v) is 6.78. The number of nitrogens with one attached hydrogen (secondary N) is 3. The first-order chi connectivity index (χ1) is 10.0. The average molecular weight is 301 g/mol. The van der Waals surface area contributed by atoms with Crippen LogP contribution >= 0.6 is 11.3 Å². The summed E-state index contributed by atoms with van der Waals surface area (Å²) >= 11 is 1.84. The Kier molecular flexibility index (Phi) is 3.69. The lowest BCUT2D eigenvalue weighted by Crippen LogP contribution is -2.17. The lowest BCUT2D eigenvalue weighted by Gasteiger charge is -2.13. The molecule has 0 fully saturated rings. The Morgan fingerprint density at radius 3 is 2.67 bits per heavy atom. The molecule has 3 aromatic rings. The van der Waals surface area contributed by atoms with Crippen molar-refractivity contribution in [3.63, 3.8) is 0 Å².